The number of hydrogen-bond donors (Lipinski definition) is 2. The minimum Gasteiger partial charge on any atom is -0.319 e. The maximum atomic E-state index is 14.6. The van der Waals surface area contributed by atoms with Gasteiger partial charge in [-0.05, 0) is 54.4 Å². The first-order valence-electron chi connectivity index (χ1n) is 8.07. The van der Waals surface area contributed by atoms with E-state index in [2.05, 4.69) is 10.6 Å². The van der Waals surface area contributed by atoms with Gasteiger partial charge in [0.25, 0.3) is 5.91 Å². The summed E-state index contributed by atoms with van der Waals surface area (Å²) in [5.74, 6) is -0.890. The lowest BCUT2D eigenvalue weighted by atomic mass is 9.99. The van der Waals surface area contributed by atoms with Crippen LogP contribution in [0.2, 0.25) is 0 Å². The smallest absolute Gasteiger partial charge is 0.255 e. The Labute approximate surface area is 158 Å². The van der Waals surface area contributed by atoms with Gasteiger partial charge in [-0.1, -0.05) is 13.0 Å². The molecule has 0 fully saturated rings. The topological polar surface area (TPSA) is 75.3 Å². The molecule has 0 aromatic heterocycles. The fourth-order valence-electron chi connectivity index (χ4n) is 2.80. The maximum absolute atomic E-state index is 14.6. The Bertz CT molecular complexity index is 915. The summed E-state index contributed by atoms with van der Waals surface area (Å²) in [5, 5.41) is 5.74. The third kappa shape index (κ3) is 4.06. The lowest BCUT2D eigenvalue weighted by Gasteiger charge is -2.19. The Morgan fingerprint density at radius 3 is 2.54 bits per heavy atom. The van der Waals surface area contributed by atoms with E-state index in [1.807, 2.05) is 0 Å². The molecule has 26 heavy (non-hydrogen) atoms. The molecule has 140 valence electrons. The van der Waals surface area contributed by atoms with Gasteiger partial charge in [-0.25, -0.2) is 12.8 Å². The van der Waals surface area contributed by atoms with E-state index in [0.29, 0.717) is 25.1 Å². The minimum absolute atomic E-state index is 0. The minimum atomic E-state index is -3.31. The maximum Gasteiger partial charge on any atom is 0.255 e. The van der Waals surface area contributed by atoms with Crippen LogP contribution in [-0.4, -0.2) is 26.6 Å². The zero-order valence-electron chi connectivity index (χ0n) is 14.2. The number of carbonyl (C=O) groups excluding carboxylic acids is 1. The summed E-state index contributed by atoms with van der Waals surface area (Å²) in [6, 6.07) is 8.99. The molecule has 1 aliphatic rings. The number of rotatable bonds is 4. The second-order valence-electron chi connectivity index (χ2n) is 5.87. The van der Waals surface area contributed by atoms with Crippen LogP contribution in [0.3, 0.4) is 0 Å². The number of nitrogens with one attached hydrogen (secondary N) is 2. The molecular weight excluding hydrogens is 379 g/mol. The van der Waals surface area contributed by atoms with E-state index in [1.54, 1.807) is 19.1 Å². The summed E-state index contributed by atoms with van der Waals surface area (Å²) in [7, 11) is -3.31. The monoisotopic (exact) mass is 398 g/mol. The fraction of sp³-hybridized carbons (Fsp3) is 0.278. The van der Waals surface area contributed by atoms with E-state index in [-0.39, 0.29) is 34.3 Å². The van der Waals surface area contributed by atoms with Crippen molar-refractivity contribution in [2.24, 2.45) is 0 Å². The van der Waals surface area contributed by atoms with Gasteiger partial charge in [-0.3, -0.25) is 4.79 Å². The Morgan fingerprint density at radius 1 is 1.19 bits per heavy atom. The van der Waals surface area contributed by atoms with Crippen LogP contribution in [0.1, 0.15) is 28.4 Å². The molecule has 2 aromatic rings. The molecule has 0 atom stereocenters. The molecule has 0 saturated heterocycles. The van der Waals surface area contributed by atoms with Crippen molar-refractivity contribution in [3.63, 3.8) is 0 Å². The predicted octanol–water partition coefficient (Wildman–Crippen LogP) is 2.94. The Balaban J connectivity index is 0.00000243. The van der Waals surface area contributed by atoms with Crippen LogP contribution in [0.5, 0.6) is 0 Å². The molecule has 0 radical (unpaired) electrons. The molecule has 8 heteroatoms. The average molecular weight is 399 g/mol. The van der Waals surface area contributed by atoms with Crippen LogP contribution in [-0.2, 0) is 22.8 Å². The van der Waals surface area contributed by atoms with Gasteiger partial charge in [0.1, 0.15) is 5.82 Å². The summed E-state index contributed by atoms with van der Waals surface area (Å²) in [6.07, 6.45) is 0.578. The predicted molar refractivity (Wildman–Crippen MR) is 101 cm³/mol. The van der Waals surface area contributed by atoms with Gasteiger partial charge in [0.05, 0.1) is 16.3 Å². The summed E-state index contributed by atoms with van der Waals surface area (Å²) in [5.41, 5.74) is 1.93. The largest absolute Gasteiger partial charge is 0.319 e. The van der Waals surface area contributed by atoms with E-state index in [9.17, 15) is 17.6 Å². The van der Waals surface area contributed by atoms with Gasteiger partial charge in [0.2, 0.25) is 0 Å². The molecule has 3 rings (SSSR count). The molecule has 0 bridgehead atoms. The van der Waals surface area contributed by atoms with Gasteiger partial charge in [-0.15, -0.1) is 12.4 Å². The normalized spacial score (nSPS) is 13.5. The number of halogens is 2. The van der Waals surface area contributed by atoms with E-state index >= 15 is 0 Å². The van der Waals surface area contributed by atoms with Crippen LogP contribution in [0.15, 0.2) is 41.3 Å². The summed E-state index contributed by atoms with van der Waals surface area (Å²) >= 11 is 0. The molecule has 0 unspecified atom stereocenters. The standard InChI is InChI=1S/C18H19FN2O3S.ClH/c1-2-25(23,24)14-6-3-12(4-7-14)18(22)21-16-8-5-13-11-20-10-9-15(13)17(16)19;/h3-8,20H,2,9-11H2,1H3,(H,21,22);1H. The van der Waals surface area contributed by atoms with E-state index in [4.69, 9.17) is 0 Å². The number of carbonyl (C=O) groups is 1. The van der Waals surface area contributed by atoms with Crippen LogP contribution < -0.4 is 10.6 Å². The van der Waals surface area contributed by atoms with Crippen molar-refractivity contribution in [1.29, 1.82) is 0 Å². The number of hydrogen-bond acceptors (Lipinski definition) is 4. The fourth-order valence-corrected chi connectivity index (χ4v) is 3.69. The molecule has 1 amide bonds. The second-order valence-corrected chi connectivity index (χ2v) is 8.15. The third-order valence-corrected chi connectivity index (χ3v) is 6.06. The number of sulfone groups is 1. The molecule has 0 aliphatic carbocycles. The van der Waals surface area contributed by atoms with Crippen LogP contribution >= 0.6 is 12.4 Å². The first-order chi connectivity index (χ1) is 11.9. The van der Waals surface area contributed by atoms with Crippen molar-refractivity contribution in [2.75, 3.05) is 17.6 Å². The van der Waals surface area contributed by atoms with Gasteiger partial charge < -0.3 is 10.6 Å². The highest BCUT2D eigenvalue weighted by atomic mass is 35.5. The highest BCUT2D eigenvalue weighted by molar-refractivity contribution is 7.91. The molecule has 1 aliphatic heterocycles. The number of fused-ring (bicyclic) bond motifs is 1. The highest BCUT2D eigenvalue weighted by Crippen LogP contribution is 2.25. The van der Waals surface area contributed by atoms with Crippen molar-refractivity contribution in [3.05, 3.63) is 58.9 Å². The molecule has 1 heterocycles. The zero-order chi connectivity index (χ0) is 18.0. The van der Waals surface area contributed by atoms with Gasteiger partial charge >= 0.3 is 0 Å². The lowest BCUT2D eigenvalue weighted by Crippen LogP contribution is -2.25. The quantitative estimate of drug-likeness (QED) is 0.830. The van der Waals surface area contributed by atoms with E-state index in [0.717, 1.165) is 5.56 Å². The SMILES string of the molecule is CCS(=O)(=O)c1ccc(C(=O)Nc2ccc3c(c2F)CCNC3)cc1.Cl. The average Bonchev–Trinajstić information content (AvgIpc) is 2.64. The van der Waals surface area contributed by atoms with Crippen molar-refractivity contribution in [2.45, 2.75) is 24.8 Å². The first kappa shape index (κ1) is 20.4. The Morgan fingerprint density at radius 2 is 1.88 bits per heavy atom. The molecule has 0 spiro atoms. The van der Waals surface area contributed by atoms with Crippen molar-refractivity contribution >= 4 is 33.8 Å². The van der Waals surface area contributed by atoms with Crippen molar-refractivity contribution in [3.8, 4) is 0 Å². The molecular formula is C18H20ClFN2O3S. The molecule has 2 aromatic carbocycles. The summed E-state index contributed by atoms with van der Waals surface area (Å²) < 4.78 is 38.2. The van der Waals surface area contributed by atoms with Gasteiger partial charge in [0, 0.05) is 12.1 Å². The number of anilines is 1. The third-order valence-electron chi connectivity index (χ3n) is 4.31. The van der Waals surface area contributed by atoms with Gasteiger partial charge in [0.15, 0.2) is 9.84 Å². The van der Waals surface area contributed by atoms with Crippen LogP contribution in [0, 0.1) is 5.82 Å². The van der Waals surface area contributed by atoms with E-state index < -0.39 is 21.6 Å². The summed E-state index contributed by atoms with van der Waals surface area (Å²) in [6.45, 7) is 2.88. The second kappa shape index (κ2) is 8.16. The molecule has 5 nitrogen and oxygen atoms in total. The number of benzene rings is 2. The van der Waals surface area contributed by atoms with Crippen LogP contribution in [0.25, 0.3) is 0 Å². The van der Waals surface area contributed by atoms with Crippen molar-refractivity contribution < 1.29 is 17.6 Å². The van der Waals surface area contributed by atoms with Crippen LogP contribution in [0.4, 0.5) is 10.1 Å². The molecule has 2 N–H and O–H groups in total. The number of amides is 1. The van der Waals surface area contributed by atoms with Crippen molar-refractivity contribution in [1.82, 2.24) is 5.32 Å². The first-order valence-corrected chi connectivity index (χ1v) is 9.72. The zero-order valence-corrected chi connectivity index (χ0v) is 15.8. The Kier molecular flexibility index (Phi) is 6.39. The summed E-state index contributed by atoms with van der Waals surface area (Å²) in [4.78, 5) is 12.5. The highest BCUT2D eigenvalue weighted by Gasteiger charge is 2.18. The van der Waals surface area contributed by atoms with Gasteiger partial charge in [-0.2, -0.15) is 0 Å². The Hall–Kier alpha value is -1.96. The molecule has 0 saturated carbocycles. The van der Waals surface area contributed by atoms with E-state index in [1.165, 1.54) is 24.3 Å². The lowest BCUT2D eigenvalue weighted by molar-refractivity contribution is 0.102.